The fraction of sp³-hybridized carbons (Fsp3) is 0.500. The molecular weight excluding hydrogens is 454 g/mol. The van der Waals surface area contributed by atoms with Gasteiger partial charge in [0.05, 0.1) is 11.4 Å². The SMILES string of the molecule is C[C@H](CN1CCCC1)N1c2ccccc2Sc2ccc(C(=S)NCCC(C)(C)C)cc21.Cl. The van der Waals surface area contributed by atoms with Crippen molar-refractivity contribution in [2.45, 2.75) is 62.8 Å². The van der Waals surface area contributed by atoms with E-state index in [0.717, 1.165) is 30.1 Å². The van der Waals surface area contributed by atoms with Crippen molar-refractivity contribution in [1.29, 1.82) is 0 Å². The quantitative estimate of drug-likeness (QED) is 0.443. The molecule has 3 nitrogen and oxygen atoms in total. The van der Waals surface area contributed by atoms with E-state index >= 15 is 0 Å². The highest BCUT2D eigenvalue weighted by Gasteiger charge is 2.29. The first kappa shape index (κ1) is 25.4. The Morgan fingerprint density at radius 3 is 2.47 bits per heavy atom. The lowest BCUT2D eigenvalue weighted by Crippen LogP contribution is -2.40. The largest absolute Gasteiger partial charge is 0.376 e. The maximum absolute atomic E-state index is 5.77. The Hall–Kier alpha value is -1.27. The Morgan fingerprint density at radius 1 is 1.06 bits per heavy atom. The van der Waals surface area contributed by atoms with Gasteiger partial charge in [0, 0.05) is 34.5 Å². The number of hydrogen-bond acceptors (Lipinski definition) is 4. The predicted molar refractivity (Wildman–Crippen MR) is 145 cm³/mol. The predicted octanol–water partition coefficient (Wildman–Crippen LogP) is 6.90. The molecular formula is C26H36ClN3S2. The lowest BCUT2D eigenvalue weighted by Gasteiger charge is -2.39. The van der Waals surface area contributed by atoms with Crippen molar-refractivity contribution in [2.24, 2.45) is 5.41 Å². The summed E-state index contributed by atoms with van der Waals surface area (Å²) < 4.78 is 0. The molecule has 32 heavy (non-hydrogen) atoms. The smallest absolute Gasteiger partial charge is 0.106 e. The number of nitrogens with zero attached hydrogens (tertiary/aromatic N) is 2. The Balaban J connectivity index is 0.00000289. The van der Waals surface area contributed by atoms with Gasteiger partial charge >= 0.3 is 0 Å². The zero-order valence-electron chi connectivity index (χ0n) is 19.7. The molecule has 174 valence electrons. The van der Waals surface area contributed by atoms with Crippen LogP contribution in [0.1, 0.15) is 52.5 Å². The van der Waals surface area contributed by atoms with Crippen LogP contribution in [0.4, 0.5) is 11.4 Å². The van der Waals surface area contributed by atoms with Gasteiger partial charge in [-0.15, -0.1) is 12.4 Å². The van der Waals surface area contributed by atoms with Crippen LogP contribution >= 0.6 is 36.4 Å². The maximum Gasteiger partial charge on any atom is 0.106 e. The van der Waals surface area contributed by atoms with Crippen LogP contribution in [0.5, 0.6) is 0 Å². The number of benzene rings is 2. The van der Waals surface area contributed by atoms with Gasteiger partial charge in [0.2, 0.25) is 0 Å². The second-order valence-corrected chi connectivity index (χ2v) is 11.5. The molecule has 6 heteroatoms. The second kappa shape index (κ2) is 10.8. The third kappa shape index (κ3) is 5.99. The van der Waals surface area contributed by atoms with E-state index in [4.69, 9.17) is 12.2 Å². The van der Waals surface area contributed by atoms with Gasteiger partial charge in [-0.1, -0.05) is 63.0 Å². The summed E-state index contributed by atoms with van der Waals surface area (Å²) in [6.45, 7) is 13.6. The molecule has 2 aromatic carbocycles. The topological polar surface area (TPSA) is 18.5 Å². The van der Waals surface area contributed by atoms with Gasteiger partial charge in [0.1, 0.15) is 4.99 Å². The zero-order chi connectivity index (χ0) is 22.0. The van der Waals surface area contributed by atoms with Gasteiger partial charge in [-0.05, 0) is 69.0 Å². The average molecular weight is 490 g/mol. The number of hydrogen-bond donors (Lipinski definition) is 1. The van der Waals surface area contributed by atoms with Crippen molar-refractivity contribution in [2.75, 3.05) is 31.1 Å². The van der Waals surface area contributed by atoms with E-state index in [0.29, 0.717) is 11.5 Å². The van der Waals surface area contributed by atoms with E-state index < -0.39 is 0 Å². The third-order valence-electron chi connectivity index (χ3n) is 6.15. The van der Waals surface area contributed by atoms with Gasteiger partial charge in [0.15, 0.2) is 0 Å². The van der Waals surface area contributed by atoms with Gasteiger partial charge in [-0.3, -0.25) is 0 Å². The molecule has 0 aliphatic carbocycles. The fourth-order valence-corrected chi connectivity index (χ4v) is 5.75. The first-order chi connectivity index (χ1) is 14.8. The van der Waals surface area contributed by atoms with Crippen LogP contribution in [0.25, 0.3) is 0 Å². The zero-order valence-corrected chi connectivity index (χ0v) is 22.1. The summed E-state index contributed by atoms with van der Waals surface area (Å²) in [4.78, 5) is 8.65. The van der Waals surface area contributed by atoms with Gasteiger partial charge in [-0.2, -0.15) is 0 Å². The molecule has 1 saturated heterocycles. The van der Waals surface area contributed by atoms with Gasteiger partial charge in [0.25, 0.3) is 0 Å². The number of thiocarbonyl (C=S) groups is 1. The lowest BCUT2D eigenvalue weighted by atomic mass is 9.92. The molecule has 2 aliphatic heterocycles. The summed E-state index contributed by atoms with van der Waals surface area (Å²) in [5.41, 5.74) is 4.02. The van der Waals surface area contributed by atoms with E-state index in [1.807, 2.05) is 11.8 Å². The average Bonchev–Trinajstić information content (AvgIpc) is 3.23. The molecule has 4 rings (SSSR count). The van der Waals surface area contributed by atoms with Crippen molar-refractivity contribution in [3.63, 3.8) is 0 Å². The number of rotatable bonds is 6. The highest BCUT2D eigenvalue weighted by Crippen LogP contribution is 2.49. The standard InChI is InChI=1S/C26H35N3S2.ClH/c1-19(18-28-15-7-8-16-28)29-21-9-5-6-10-23(21)31-24-12-11-20(17-22(24)29)25(30)27-14-13-26(2,3)4;/h5-6,9-12,17,19H,7-8,13-16,18H2,1-4H3,(H,27,30);1H/t19-;/m1./s1. The van der Waals surface area contributed by atoms with Crippen molar-refractivity contribution < 1.29 is 0 Å². The Bertz CT molecular complexity index is 935. The summed E-state index contributed by atoms with van der Waals surface area (Å²) >= 11 is 7.64. The molecule has 1 N–H and O–H groups in total. The summed E-state index contributed by atoms with van der Waals surface area (Å²) in [6, 6.07) is 15.9. The minimum Gasteiger partial charge on any atom is -0.376 e. The number of halogens is 1. The molecule has 2 aliphatic rings. The van der Waals surface area contributed by atoms with Crippen LogP contribution in [0.2, 0.25) is 0 Å². The number of anilines is 2. The molecule has 2 aromatic rings. The number of nitrogens with one attached hydrogen (secondary N) is 1. The highest BCUT2D eigenvalue weighted by molar-refractivity contribution is 7.99. The Morgan fingerprint density at radius 2 is 1.75 bits per heavy atom. The van der Waals surface area contributed by atoms with Crippen molar-refractivity contribution in [3.05, 3.63) is 48.0 Å². The number of fused-ring (bicyclic) bond motifs is 2. The molecule has 0 amide bonds. The molecule has 0 spiro atoms. The summed E-state index contributed by atoms with van der Waals surface area (Å²) in [5, 5.41) is 3.48. The molecule has 0 unspecified atom stereocenters. The van der Waals surface area contributed by atoms with E-state index in [1.165, 1.54) is 47.1 Å². The van der Waals surface area contributed by atoms with E-state index in [-0.39, 0.29) is 12.4 Å². The molecule has 0 aromatic heterocycles. The normalized spacial score (nSPS) is 16.7. The van der Waals surface area contributed by atoms with Gasteiger partial charge in [-0.25, -0.2) is 0 Å². The molecule has 1 fully saturated rings. The molecule has 0 bridgehead atoms. The number of likely N-dealkylation sites (tertiary alicyclic amines) is 1. The van der Waals surface area contributed by atoms with Crippen LogP contribution in [-0.2, 0) is 0 Å². The second-order valence-electron chi connectivity index (χ2n) is 10.0. The lowest BCUT2D eigenvalue weighted by molar-refractivity contribution is 0.319. The van der Waals surface area contributed by atoms with Crippen LogP contribution in [0.15, 0.2) is 52.3 Å². The first-order valence-electron chi connectivity index (χ1n) is 11.5. The fourth-order valence-electron chi connectivity index (χ4n) is 4.47. The Kier molecular flexibility index (Phi) is 8.53. The molecule has 0 radical (unpaired) electrons. The summed E-state index contributed by atoms with van der Waals surface area (Å²) in [7, 11) is 0. The van der Waals surface area contributed by atoms with Crippen molar-refractivity contribution in [3.8, 4) is 0 Å². The maximum atomic E-state index is 5.77. The van der Waals surface area contributed by atoms with Crippen LogP contribution < -0.4 is 10.2 Å². The van der Waals surface area contributed by atoms with E-state index in [2.05, 4.69) is 85.3 Å². The summed E-state index contributed by atoms with van der Waals surface area (Å²) in [5.74, 6) is 0. The Labute approximate surface area is 209 Å². The van der Waals surface area contributed by atoms with E-state index in [1.54, 1.807) is 0 Å². The molecule has 2 heterocycles. The number of para-hydroxylation sites is 1. The third-order valence-corrected chi connectivity index (χ3v) is 7.66. The van der Waals surface area contributed by atoms with Crippen LogP contribution in [-0.4, -0.2) is 42.1 Å². The van der Waals surface area contributed by atoms with Crippen molar-refractivity contribution >= 4 is 52.8 Å². The highest BCUT2D eigenvalue weighted by atomic mass is 35.5. The first-order valence-corrected chi connectivity index (χ1v) is 12.7. The molecule has 0 saturated carbocycles. The van der Waals surface area contributed by atoms with Crippen molar-refractivity contribution in [1.82, 2.24) is 10.2 Å². The summed E-state index contributed by atoms with van der Waals surface area (Å²) in [6.07, 6.45) is 3.75. The minimum atomic E-state index is 0. The minimum absolute atomic E-state index is 0. The monoisotopic (exact) mass is 489 g/mol. The van der Waals surface area contributed by atoms with Crippen LogP contribution in [0, 0.1) is 5.41 Å². The molecule has 1 atom stereocenters. The van der Waals surface area contributed by atoms with E-state index in [9.17, 15) is 0 Å². The van der Waals surface area contributed by atoms with Gasteiger partial charge < -0.3 is 15.1 Å². The van der Waals surface area contributed by atoms with Crippen LogP contribution in [0.3, 0.4) is 0 Å².